The minimum atomic E-state index is -1.16. The maximum atomic E-state index is 11.0. The van der Waals surface area contributed by atoms with Gasteiger partial charge in [0.1, 0.15) is 11.9 Å². The van der Waals surface area contributed by atoms with Crippen molar-refractivity contribution in [2.24, 2.45) is 5.92 Å². The third kappa shape index (κ3) is 3.99. The van der Waals surface area contributed by atoms with Crippen LogP contribution in [0.25, 0.3) is 0 Å². The van der Waals surface area contributed by atoms with E-state index in [1.807, 2.05) is 6.92 Å². The molecule has 0 aromatic carbocycles. The Labute approximate surface area is 78.5 Å². The summed E-state index contributed by atoms with van der Waals surface area (Å²) in [7, 11) is 0. The van der Waals surface area contributed by atoms with Gasteiger partial charge in [0.05, 0.1) is 5.92 Å². The van der Waals surface area contributed by atoms with Gasteiger partial charge >= 0.3 is 0 Å². The van der Waals surface area contributed by atoms with Gasteiger partial charge in [-0.1, -0.05) is 12.2 Å². The zero-order valence-electron chi connectivity index (χ0n) is 8.28. The highest BCUT2D eigenvalue weighted by molar-refractivity contribution is 5.89. The molecular formula is C10H16O3. The first-order valence-corrected chi connectivity index (χ1v) is 4.30. The van der Waals surface area contributed by atoms with Crippen molar-refractivity contribution in [3.8, 4) is 0 Å². The van der Waals surface area contributed by atoms with Crippen molar-refractivity contribution in [2.45, 2.75) is 33.3 Å². The summed E-state index contributed by atoms with van der Waals surface area (Å²) in [5, 5.41) is 9.38. The molecule has 2 atom stereocenters. The molecule has 3 nitrogen and oxygen atoms in total. The van der Waals surface area contributed by atoms with Gasteiger partial charge in [0, 0.05) is 0 Å². The van der Waals surface area contributed by atoms with Crippen molar-refractivity contribution in [2.75, 3.05) is 0 Å². The van der Waals surface area contributed by atoms with Crippen LogP contribution in [0.15, 0.2) is 12.2 Å². The minimum Gasteiger partial charge on any atom is -0.385 e. The van der Waals surface area contributed by atoms with Crippen LogP contribution in [-0.2, 0) is 9.59 Å². The largest absolute Gasteiger partial charge is 0.385 e. The maximum Gasteiger partial charge on any atom is 0.158 e. The van der Waals surface area contributed by atoms with Crippen molar-refractivity contribution in [3.63, 3.8) is 0 Å². The first-order chi connectivity index (χ1) is 6.00. The second-order valence-electron chi connectivity index (χ2n) is 3.08. The van der Waals surface area contributed by atoms with Crippen LogP contribution in [0.1, 0.15) is 27.2 Å². The van der Waals surface area contributed by atoms with E-state index in [0.717, 1.165) is 0 Å². The van der Waals surface area contributed by atoms with Crippen molar-refractivity contribution < 1.29 is 14.7 Å². The Balaban J connectivity index is 4.41. The Morgan fingerprint density at radius 1 is 1.31 bits per heavy atom. The Morgan fingerprint density at radius 2 is 1.85 bits per heavy atom. The number of aliphatic hydroxyl groups is 1. The molecule has 2 unspecified atom stereocenters. The van der Waals surface area contributed by atoms with E-state index in [0.29, 0.717) is 6.42 Å². The Kier molecular flexibility index (Phi) is 5.23. The molecule has 0 heterocycles. The molecule has 74 valence electrons. The van der Waals surface area contributed by atoms with E-state index >= 15 is 0 Å². The van der Waals surface area contributed by atoms with Crippen molar-refractivity contribution in [1.29, 1.82) is 0 Å². The molecule has 0 radical (unpaired) electrons. The molecule has 0 rings (SSSR count). The van der Waals surface area contributed by atoms with E-state index in [4.69, 9.17) is 0 Å². The molecule has 1 N–H and O–H groups in total. The predicted molar refractivity (Wildman–Crippen MR) is 50.3 cm³/mol. The average molecular weight is 184 g/mol. The van der Waals surface area contributed by atoms with Crippen LogP contribution in [0.3, 0.4) is 0 Å². The highest BCUT2D eigenvalue weighted by Crippen LogP contribution is 2.12. The van der Waals surface area contributed by atoms with E-state index in [2.05, 4.69) is 0 Å². The standard InChI is InChI=1S/C10H16O3/c1-4-5-6-9(7(2)11)10(13)8(3)12/h4-5,9-10,13H,6H2,1-3H3/b5-4+. The molecule has 0 fully saturated rings. The van der Waals surface area contributed by atoms with Gasteiger partial charge in [0.2, 0.25) is 0 Å². The van der Waals surface area contributed by atoms with Gasteiger partial charge in [-0.25, -0.2) is 0 Å². The quantitative estimate of drug-likeness (QED) is 0.651. The fourth-order valence-corrected chi connectivity index (χ4v) is 1.08. The van der Waals surface area contributed by atoms with Gasteiger partial charge < -0.3 is 5.11 Å². The summed E-state index contributed by atoms with van der Waals surface area (Å²) in [5.74, 6) is -1.10. The van der Waals surface area contributed by atoms with Crippen molar-refractivity contribution in [1.82, 2.24) is 0 Å². The summed E-state index contributed by atoms with van der Waals surface area (Å²) in [6, 6.07) is 0. The number of aliphatic hydroxyl groups excluding tert-OH is 1. The molecule has 0 saturated heterocycles. The summed E-state index contributed by atoms with van der Waals surface area (Å²) < 4.78 is 0. The van der Waals surface area contributed by atoms with Gasteiger partial charge in [-0.05, 0) is 27.2 Å². The van der Waals surface area contributed by atoms with Crippen molar-refractivity contribution in [3.05, 3.63) is 12.2 Å². The number of rotatable bonds is 5. The summed E-state index contributed by atoms with van der Waals surface area (Å²) in [4.78, 5) is 21.9. The number of hydrogen-bond acceptors (Lipinski definition) is 3. The minimum absolute atomic E-state index is 0.152. The van der Waals surface area contributed by atoms with E-state index in [-0.39, 0.29) is 11.6 Å². The van der Waals surface area contributed by atoms with Gasteiger partial charge in [0.15, 0.2) is 5.78 Å². The Bertz CT molecular complexity index is 218. The first-order valence-electron chi connectivity index (χ1n) is 4.30. The number of ketones is 2. The third-order valence-electron chi connectivity index (χ3n) is 1.95. The van der Waals surface area contributed by atoms with Crippen LogP contribution in [0, 0.1) is 5.92 Å². The van der Waals surface area contributed by atoms with Crippen LogP contribution in [-0.4, -0.2) is 22.8 Å². The predicted octanol–water partition coefficient (Wildman–Crippen LogP) is 1.11. The molecular weight excluding hydrogens is 168 g/mol. The van der Waals surface area contributed by atoms with Crippen molar-refractivity contribution >= 4 is 11.6 Å². The first kappa shape index (κ1) is 12.0. The molecule has 13 heavy (non-hydrogen) atoms. The Hall–Kier alpha value is -0.960. The van der Waals surface area contributed by atoms with Crippen LogP contribution < -0.4 is 0 Å². The lowest BCUT2D eigenvalue weighted by Gasteiger charge is -2.15. The molecule has 0 aliphatic rings. The number of carbonyl (C=O) groups excluding carboxylic acids is 2. The molecule has 3 heteroatoms. The molecule has 0 aliphatic heterocycles. The number of carbonyl (C=O) groups is 2. The lowest BCUT2D eigenvalue weighted by Crippen LogP contribution is -2.32. The zero-order chi connectivity index (χ0) is 10.4. The fraction of sp³-hybridized carbons (Fsp3) is 0.600. The van der Waals surface area contributed by atoms with E-state index in [1.165, 1.54) is 13.8 Å². The SMILES string of the molecule is C/C=C/CC(C(C)=O)C(O)C(C)=O. The molecule has 0 saturated carbocycles. The fourth-order valence-electron chi connectivity index (χ4n) is 1.08. The van der Waals surface area contributed by atoms with E-state index < -0.39 is 12.0 Å². The molecule has 0 aromatic heterocycles. The normalized spacial score (nSPS) is 15.7. The number of hydrogen-bond donors (Lipinski definition) is 1. The van der Waals surface area contributed by atoms with Crippen LogP contribution in [0.2, 0.25) is 0 Å². The van der Waals surface area contributed by atoms with Crippen LogP contribution in [0.5, 0.6) is 0 Å². The molecule has 0 aromatic rings. The lowest BCUT2D eigenvalue weighted by molar-refractivity contribution is -0.135. The third-order valence-corrected chi connectivity index (χ3v) is 1.95. The lowest BCUT2D eigenvalue weighted by atomic mass is 9.92. The van der Waals surface area contributed by atoms with E-state index in [1.54, 1.807) is 12.2 Å². The summed E-state index contributed by atoms with van der Waals surface area (Å²) in [6.45, 7) is 4.51. The number of allylic oxidation sites excluding steroid dienone is 2. The smallest absolute Gasteiger partial charge is 0.158 e. The second-order valence-corrected chi connectivity index (χ2v) is 3.08. The van der Waals surface area contributed by atoms with Gasteiger partial charge in [-0.2, -0.15) is 0 Å². The summed E-state index contributed by atoms with van der Waals surface area (Å²) in [5.41, 5.74) is 0. The topological polar surface area (TPSA) is 54.4 Å². The molecule has 0 bridgehead atoms. The summed E-state index contributed by atoms with van der Waals surface area (Å²) in [6.07, 6.45) is 2.84. The van der Waals surface area contributed by atoms with E-state index in [9.17, 15) is 14.7 Å². The van der Waals surface area contributed by atoms with Crippen LogP contribution in [0.4, 0.5) is 0 Å². The second kappa shape index (κ2) is 5.65. The molecule has 0 amide bonds. The Morgan fingerprint density at radius 3 is 2.15 bits per heavy atom. The van der Waals surface area contributed by atoms with Crippen LogP contribution >= 0.6 is 0 Å². The summed E-state index contributed by atoms with van der Waals surface area (Å²) >= 11 is 0. The van der Waals surface area contributed by atoms with Gasteiger partial charge in [-0.3, -0.25) is 9.59 Å². The molecule has 0 spiro atoms. The monoisotopic (exact) mass is 184 g/mol. The highest BCUT2D eigenvalue weighted by atomic mass is 16.3. The maximum absolute atomic E-state index is 11.0. The highest BCUT2D eigenvalue weighted by Gasteiger charge is 2.25. The number of Topliss-reactive ketones (excluding diaryl/α,β-unsaturated/α-hetero) is 2. The average Bonchev–Trinajstić information content (AvgIpc) is 2.04. The molecule has 0 aliphatic carbocycles. The van der Waals surface area contributed by atoms with Gasteiger partial charge in [-0.15, -0.1) is 0 Å². The zero-order valence-corrected chi connectivity index (χ0v) is 8.28. The van der Waals surface area contributed by atoms with Gasteiger partial charge in [0.25, 0.3) is 0 Å².